The van der Waals surface area contributed by atoms with Gasteiger partial charge in [-0.2, -0.15) is 0 Å². The van der Waals surface area contributed by atoms with Crippen LogP contribution in [0.5, 0.6) is 11.5 Å². The summed E-state index contributed by atoms with van der Waals surface area (Å²) < 4.78 is 41.1. The van der Waals surface area contributed by atoms with Crippen molar-refractivity contribution >= 4 is 43.2 Å². The second kappa shape index (κ2) is 8.25. The first-order chi connectivity index (χ1) is 15.4. The van der Waals surface area contributed by atoms with E-state index in [4.69, 9.17) is 21.1 Å². The molecule has 164 valence electrons. The molecular formula is C22H17ClN2O5S2. The highest BCUT2D eigenvalue weighted by Crippen LogP contribution is 2.32. The van der Waals surface area contributed by atoms with E-state index in [0.29, 0.717) is 33.3 Å². The van der Waals surface area contributed by atoms with Crippen molar-refractivity contribution in [2.45, 2.75) is 18.0 Å². The zero-order valence-corrected chi connectivity index (χ0v) is 19.0. The Morgan fingerprint density at radius 2 is 1.84 bits per heavy atom. The summed E-state index contributed by atoms with van der Waals surface area (Å²) in [6.07, 6.45) is 0. The minimum Gasteiger partial charge on any atom is -0.454 e. The Labute approximate surface area is 192 Å². The summed E-state index contributed by atoms with van der Waals surface area (Å²) in [4.78, 5) is 12.5. The van der Waals surface area contributed by atoms with Gasteiger partial charge in [-0.1, -0.05) is 47.2 Å². The van der Waals surface area contributed by atoms with Gasteiger partial charge >= 0.3 is 4.87 Å². The molecule has 10 heteroatoms. The molecule has 0 amide bonds. The molecule has 0 radical (unpaired) electrons. The monoisotopic (exact) mass is 488 g/mol. The number of rotatable bonds is 6. The van der Waals surface area contributed by atoms with Crippen molar-refractivity contribution in [2.75, 3.05) is 6.79 Å². The number of ether oxygens (including phenoxy) is 2. The third kappa shape index (κ3) is 4.00. The maximum Gasteiger partial charge on any atom is 0.308 e. The van der Waals surface area contributed by atoms with Gasteiger partial charge in [0.1, 0.15) is 0 Å². The molecule has 0 saturated heterocycles. The number of aromatic nitrogens is 1. The number of hydrogen-bond acceptors (Lipinski definition) is 6. The Morgan fingerprint density at radius 3 is 2.69 bits per heavy atom. The second-order valence-corrected chi connectivity index (χ2v) is 10.4. The van der Waals surface area contributed by atoms with Gasteiger partial charge in [-0.25, -0.2) is 13.1 Å². The maximum absolute atomic E-state index is 12.8. The van der Waals surface area contributed by atoms with Crippen molar-refractivity contribution in [3.8, 4) is 11.5 Å². The van der Waals surface area contributed by atoms with E-state index in [9.17, 15) is 13.2 Å². The topological polar surface area (TPSA) is 86.6 Å². The molecule has 3 aromatic carbocycles. The van der Waals surface area contributed by atoms with Gasteiger partial charge in [-0.05, 0) is 47.5 Å². The van der Waals surface area contributed by atoms with E-state index in [1.807, 2.05) is 18.2 Å². The fourth-order valence-corrected chi connectivity index (χ4v) is 5.72. The Balaban J connectivity index is 1.39. The van der Waals surface area contributed by atoms with Crippen LogP contribution < -0.4 is 19.1 Å². The molecule has 2 heterocycles. The van der Waals surface area contributed by atoms with Crippen molar-refractivity contribution in [2.24, 2.45) is 0 Å². The molecule has 0 spiro atoms. The number of nitrogens with one attached hydrogen (secondary N) is 1. The van der Waals surface area contributed by atoms with Crippen molar-refractivity contribution < 1.29 is 17.9 Å². The van der Waals surface area contributed by atoms with Gasteiger partial charge in [0.15, 0.2) is 11.5 Å². The smallest absolute Gasteiger partial charge is 0.308 e. The average molecular weight is 489 g/mol. The summed E-state index contributed by atoms with van der Waals surface area (Å²) in [7, 11) is -3.78. The first-order valence-electron chi connectivity index (χ1n) is 9.66. The first-order valence-corrected chi connectivity index (χ1v) is 12.3. The minimum absolute atomic E-state index is 0.0943. The molecule has 0 aliphatic carbocycles. The predicted molar refractivity (Wildman–Crippen MR) is 123 cm³/mol. The SMILES string of the molecule is O=c1sc2cc(S(=O)(=O)NCc3ccc4c(c3)OCO4)ccc2n1Cc1ccccc1Cl. The van der Waals surface area contributed by atoms with E-state index >= 15 is 0 Å². The summed E-state index contributed by atoms with van der Waals surface area (Å²) >= 11 is 7.24. The second-order valence-electron chi connectivity index (χ2n) is 7.19. The number of benzene rings is 3. The van der Waals surface area contributed by atoms with E-state index < -0.39 is 10.0 Å². The summed E-state index contributed by atoms with van der Waals surface area (Å²) in [5, 5.41) is 0.575. The molecule has 0 bridgehead atoms. The largest absolute Gasteiger partial charge is 0.454 e. The van der Waals surface area contributed by atoms with Gasteiger partial charge in [0, 0.05) is 11.6 Å². The number of halogens is 1. The lowest BCUT2D eigenvalue weighted by Gasteiger charge is -2.09. The molecule has 32 heavy (non-hydrogen) atoms. The fraction of sp³-hybridized carbons (Fsp3) is 0.136. The van der Waals surface area contributed by atoms with Crippen LogP contribution in [0.1, 0.15) is 11.1 Å². The van der Waals surface area contributed by atoms with E-state index in [2.05, 4.69) is 4.72 Å². The lowest BCUT2D eigenvalue weighted by molar-refractivity contribution is 0.174. The summed E-state index contributed by atoms with van der Waals surface area (Å²) in [5.41, 5.74) is 2.22. The average Bonchev–Trinajstić information content (AvgIpc) is 3.37. The molecule has 1 aliphatic rings. The summed E-state index contributed by atoms with van der Waals surface area (Å²) in [5.74, 6) is 1.23. The third-order valence-electron chi connectivity index (χ3n) is 5.14. The highest BCUT2D eigenvalue weighted by molar-refractivity contribution is 7.89. The van der Waals surface area contributed by atoms with Gasteiger partial charge in [-0.3, -0.25) is 9.36 Å². The van der Waals surface area contributed by atoms with Crippen LogP contribution in [0.3, 0.4) is 0 Å². The van der Waals surface area contributed by atoms with Crippen molar-refractivity contribution in [3.63, 3.8) is 0 Å². The van der Waals surface area contributed by atoms with Crippen molar-refractivity contribution in [1.82, 2.24) is 9.29 Å². The molecule has 0 fully saturated rings. The van der Waals surface area contributed by atoms with Crippen LogP contribution in [0, 0.1) is 0 Å². The molecule has 1 N–H and O–H groups in total. The van der Waals surface area contributed by atoms with Gasteiger partial charge in [0.25, 0.3) is 0 Å². The van der Waals surface area contributed by atoms with Gasteiger partial charge in [0.2, 0.25) is 16.8 Å². The summed E-state index contributed by atoms with van der Waals surface area (Å²) in [6, 6.07) is 17.3. The molecule has 4 aromatic rings. The number of nitrogens with zero attached hydrogens (tertiary/aromatic N) is 1. The van der Waals surface area contributed by atoms with Crippen LogP contribution in [0.25, 0.3) is 10.2 Å². The zero-order valence-electron chi connectivity index (χ0n) is 16.6. The van der Waals surface area contributed by atoms with Crippen LogP contribution in [0.15, 0.2) is 70.4 Å². The molecule has 5 rings (SSSR count). The molecule has 0 unspecified atom stereocenters. The van der Waals surface area contributed by atoms with Crippen LogP contribution in [0.4, 0.5) is 0 Å². The van der Waals surface area contributed by atoms with Crippen molar-refractivity contribution in [1.29, 1.82) is 0 Å². The standard InChI is InChI=1S/C22H17ClN2O5S2/c23-17-4-2-1-3-15(17)12-25-18-7-6-16(10-21(18)31-22(25)26)32(27,28)24-11-14-5-8-19-20(9-14)30-13-29-19/h1-10,24H,11-13H2. The molecule has 7 nitrogen and oxygen atoms in total. The third-order valence-corrected chi connectivity index (χ3v) is 7.85. The Hall–Kier alpha value is -2.85. The summed E-state index contributed by atoms with van der Waals surface area (Å²) in [6.45, 7) is 0.567. The highest BCUT2D eigenvalue weighted by atomic mass is 35.5. The van der Waals surface area contributed by atoms with Gasteiger partial charge in [-0.15, -0.1) is 0 Å². The van der Waals surface area contributed by atoms with E-state index in [1.54, 1.807) is 34.9 Å². The molecule has 0 saturated carbocycles. The van der Waals surface area contributed by atoms with E-state index in [0.717, 1.165) is 22.5 Å². The van der Waals surface area contributed by atoms with Crippen LogP contribution in [0.2, 0.25) is 5.02 Å². The van der Waals surface area contributed by atoms with E-state index in [-0.39, 0.29) is 23.1 Å². The van der Waals surface area contributed by atoms with Gasteiger partial charge < -0.3 is 9.47 Å². The fourth-order valence-electron chi connectivity index (χ4n) is 3.47. The Morgan fingerprint density at radius 1 is 1.03 bits per heavy atom. The molecular weight excluding hydrogens is 472 g/mol. The maximum atomic E-state index is 12.8. The normalized spacial score (nSPS) is 13.0. The minimum atomic E-state index is -3.78. The number of thiazole rings is 1. The number of sulfonamides is 1. The molecule has 1 aliphatic heterocycles. The number of fused-ring (bicyclic) bond motifs is 2. The van der Waals surface area contributed by atoms with Crippen LogP contribution in [-0.4, -0.2) is 19.8 Å². The van der Waals surface area contributed by atoms with Gasteiger partial charge in [0.05, 0.1) is 21.7 Å². The highest BCUT2D eigenvalue weighted by Gasteiger charge is 2.18. The quantitative estimate of drug-likeness (QED) is 0.443. The van der Waals surface area contributed by atoms with Crippen LogP contribution >= 0.6 is 22.9 Å². The Kier molecular flexibility index (Phi) is 5.42. The van der Waals surface area contributed by atoms with Crippen LogP contribution in [-0.2, 0) is 23.1 Å². The van der Waals surface area contributed by atoms with Crippen molar-refractivity contribution in [3.05, 3.63) is 86.5 Å². The number of hydrogen-bond donors (Lipinski definition) is 1. The first kappa shape index (κ1) is 21.0. The lowest BCUT2D eigenvalue weighted by atomic mass is 10.2. The Bertz CT molecular complexity index is 1490. The molecule has 0 atom stereocenters. The lowest BCUT2D eigenvalue weighted by Crippen LogP contribution is -2.23. The zero-order chi connectivity index (χ0) is 22.3. The predicted octanol–water partition coefficient (Wildman–Crippen LogP) is 3.97. The molecule has 1 aromatic heterocycles. The van der Waals surface area contributed by atoms with E-state index in [1.165, 1.54) is 12.1 Å².